The van der Waals surface area contributed by atoms with E-state index < -0.39 is 0 Å². The van der Waals surface area contributed by atoms with Gasteiger partial charge in [-0.25, -0.2) is 0 Å². The highest BCUT2D eigenvalue weighted by molar-refractivity contribution is 5.96. The Bertz CT molecular complexity index is 290. The molecule has 0 saturated heterocycles. The fourth-order valence-electron chi connectivity index (χ4n) is 1.61. The monoisotopic (exact) mass is 175 g/mol. The van der Waals surface area contributed by atoms with Gasteiger partial charge in [0.1, 0.15) is 0 Å². The highest BCUT2D eigenvalue weighted by Gasteiger charge is 2.20. The molecule has 0 N–H and O–H groups in total. The second kappa shape index (κ2) is 3.69. The van der Waals surface area contributed by atoms with Crippen LogP contribution in [0.25, 0.3) is 0 Å². The van der Waals surface area contributed by atoms with Crippen molar-refractivity contribution in [2.75, 3.05) is 0 Å². The SMILES string of the molecule is O=C(CC1CCC1)c1ccncc1. The van der Waals surface area contributed by atoms with E-state index in [4.69, 9.17) is 0 Å². The molecule has 1 aromatic rings. The van der Waals surface area contributed by atoms with Gasteiger partial charge in [0.2, 0.25) is 0 Å². The number of carbonyl (C=O) groups excluding carboxylic acids is 1. The van der Waals surface area contributed by atoms with E-state index in [0.717, 1.165) is 12.0 Å². The molecule has 0 amide bonds. The van der Waals surface area contributed by atoms with Gasteiger partial charge in [-0.15, -0.1) is 0 Å². The maximum atomic E-state index is 11.6. The van der Waals surface area contributed by atoms with Crippen molar-refractivity contribution in [1.29, 1.82) is 0 Å². The van der Waals surface area contributed by atoms with E-state index in [-0.39, 0.29) is 5.78 Å². The lowest BCUT2D eigenvalue weighted by molar-refractivity contribution is 0.0936. The van der Waals surface area contributed by atoms with Crippen LogP contribution in [-0.2, 0) is 0 Å². The summed E-state index contributed by atoms with van der Waals surface area (Å²) in [5, 5.41) is 0. The molecule has 1 aliphatic rings. The van der Waals surface area contributed by atoms with Gasteiger partial charge in [-0.05, 0) is 18.1 Å². The largest absolute Gasteiger partial charge is 0.294 e. The van der Waals surface area contributed by atoms with Gasteiger partial charge in [0.25, 0.3) is 0 Å². The normalized spacial score (nSPS) is 16.6. The van der Waals surface area contributed by atoms with Crippen molar-refractivity contribution in [2.45, 2.75) is 25.7 Å². The first-order valence-electron chi connectivity index (χ1n) is 4.79. The van der Waals surface area contributed by atoms with E-state index >= 15 is 0 Å². The predicted octanol–water partition coefficient (Wildman–Crippen LogP) is 2.45. The second-order valence-corrected chi connectivity index (χ2v) is 3.66. The molecule has 1 saturated carbocycles. The summed E-state index contributed by atoms with van der Waals surface area (Å²) in [5.74, 6) is 0.924. The minimum Gasteiger partial charge on any atom is -0.294 e. The lowest BCUT2D eigenvalue weighted by Gasteiger charge is -2.24. The molecule has 2 rings (SSSR count). The number of pyridine rings is 1. The molecule has 2 nitrogen and oxygen atoms in total. The summed E-state index contributed by atoms with van der Waals surface area (Å²) in [7, 11) is 0. The fourth-order valence-corrected chi connectivity index (χ4v) is 1.61. The molecule has 0 aliphatic heterocycles. The maximum absolute atomic E-state index is 11.6. The van der Waals surface area contributed by atoms with Crippen LogP contribution in [0.2, 0.25) is 0 Å². The Morgan fingerprint density at radius 3 is 2.62 bits per heavy atom. The van der Waals surface area contributed by atoms with E-state index in [1.807, 2.05) is 0 Å². The number of aromatic nitrogens is 1. The van der Waals surface area contributed by atoms with Crippen molar-refractivity contribution in [2.24, 2.45) is 5.92 Å². The summed E-state index contributed by atoms with van der Waals surface area (Å²) in [6.07, 6.45) is 7.84. The summed E-state index contributed by atoms with van der Waals surface area (Å²) in [6, 6.07) is 3.59. The van der Waals surface area contributed by atoms with Crippen molar-refractivity contribution in [3.05, 3.63) is 30.1 Å². The molecule has 68 valence electrons. The van der Waals surface area contributed by atoms with Gasteiger partial charge in [-0.1, -0.05) is 19.3 Å². The predicted molar refractivity (Wildman–Crippen MR) is 50.5 cm³/mol. The summed E-state index contributed by atoms with van der Waals surface area (Å²) >= 11 is 0. The van der Waals surface area contributed by atoms with Crippen LogP contribution in [-0.4, -0.2) is 10.8 Å². The van der Waals surface area contributed by atoms with Crippen LogP contribution in [0.3, 0.4) is 0 Å². The molecular weight excluding hydrogens is 162 g/mol. The Kier molecular flexibility index (Phi) is 2.39. The average molecular weight is 175 g/mol. The molecule has 0 bridgehead atoms. The van der Waals surface area contributed by atoms with Gasteiger partial charge >= 0.3 is 0 Å². The fraction of sp³-hybridized carbons (Fsp3) is 0.455. The number of hydrogen-bond acceptors (Lipinski definition) is 2. The zero-order valence-corrected chi connectivity index (χ0v) is 7.57. The number of rotatable bonds is 3. The molecule has 1 aromatic heterocycles. The number of ketones is 1. The zero-order chi connectivity index (χ0) is 9.10. The average Bonchev–Trinajstić information content (AvgIpc) is 2.12. The summed E-state index contributed by atoms with van der Waals surface area (Å²) in [4.78, 5) is 15.5. The van der Waals surface area contributed by atoms with Crippen molar-refractivity contribution >= 4 is 5.78 Å². The van der Waals surface area contributed by atoms with Crippen molar-refractivity contribution < 1.29 is 4.79 Å². The van der Waals surface area contributed by atoms with E-state index in [0.29, 0.717) is 5.92 Å². The molecular formula is C11H13NO. The first-order valence-corrected chi connectivity index (χ1v) is 4.79. The molecule has 0 atom stereocenters. The van der Waals surface area contributed by atoms with Gasteiger partial charge in [-0.3, -0.25) is 9.78 Å². The maximum Gasteiger partial charge on any atom is 0.163 e. The second-order valence-electron chi connectivity index (χ2n) is 3.66. The van der Waals surface area contributed by atoms with Crippen LogP contribution < -0.4 is 0 Å². The molecule has 1 aliphatic carbocycles. The minimum atomic E-state index is 0.270. The van der Waals surface area contributed by atoms with Crippen LogP contribution in [0.1, 0.15) is 36.0 Å². The summed E-state index contributed by atoms with van der Waals surface area (Å²) < 4.78 is 0. The van der Waals surface area contributed by atoms with Crippen LogP contribution in [0.4, 0.5) is 0 Å². The van der Waals surface area contributed by atoms with Crippen molar-refractivity contribution in [1.82, 2.24) is 4.98 Å². The minimum absolute atomic E-state index is 0.270. The first kappa shape index (κ1) is 8.42. The van der Waals surface area contributed by atoms with Crippen LogP contribution in [0.15, 0.2) is 24.5 Å². The molecule has 0 radical (unpaired) electrons. The molecule has 0 aromatic carbocycles. The van der Waals surface area contributed by atoms with E-state index in [1.165, 1.54) is 19.3 Å². The van der Waals surface area contributed by atoms with Gasteiger partial charge < -0.3 is 0 Å². The van der Waals surface area contributed by atoms with Gasteiger partial charge in [-0.2, -0.15) is 0 Å². The topological polar surface area (TPSA) is 30.0 Å². The Morgan fingerprint density at radius 1 is 1.38 bits per heavy atom. The number of nitrogens with zero attached hydrogens (tertiary/aromatic N) is 1. The molecule has 0 spiro atoms. The molecule has 2 heteroatoms. The van der Waals surface area contributed by atoms with Crippen molar-refractivity contribution in [3.8, 4) is 0 Å². The van der Waals surface area contributed by atoms with Gasteiger partial charge in [0.05, 0.1) is 0 Å². The lowest BCUT2D eigenvalue weighted by Crippen LogP contribution is -2.15. The highest BCUT2D eigenvalue weighted by atomic mass is 16.1. The zero-order valence-electron chi connectivity index (χ0n) is 7.57. The Labute approximate surface area is 78.0 Å². The van der Waals surface area contributed by atoms with Gasteiger partial charge in [0.15, 0.2) is 5.78 Å². The molecule has 0 unspecified atom stereocenters. The van der Waals surface area contributed by atoms with Crippen molar-refractivity contribution in [3.63, 3.8) is 0 Å². The molecule has 1 fully saturated rings. The third kappa shape index (κ3) is 1.94. The van der Waals surface area contributed by atoms with Crippen LogP contribution in [0, 0.1) is 5.92 Å². The van der Waals surface area contributed by atoms with E-state index in [2.05, 4.69) is 4.98 Å². The molecule has 1 heterocycles. The third-order valence-electron chi connectivity index (χ3n) is 2.70. The Hall–Kier alpha value is -1.18. The standard InChI is InChI=1S/C11H13NO/c13-11(8-9-2-1-3-9)10-4-6-12-7-5-10/h4-7,9H,1-3,8H2. The smallest absolute Gasteiger partial charge is 0.163 e. The van der Waals surface area contributed by atoms with Gasteiger partial charge in [0, 0.05) is 24.4 Å². The highest BCUT2D eigenvalue weighted by Crippen LogP contribution is 2.30. The molecule has 13 heavy (non-hydrogen) atoms. The first-order chi connectivity index (χ1) is 6.36. The summed E-state index contributed by atoms with van der Waals surface area (Å²) in [6.45, 7) is 0. The van der Waals surface area contributed by atoms with Crippen LogP contribution in [0.5, 0.6) is 0 Å². The summed E-state index contributed by atoms with van der Waals surface area (Å²) in [5.41, 5.74) is 0.807. The number of hydrogen-bond donors (Lipinski definition) is 0. The van der Waals surface area contributed by atoms with E-state index in [1.54, 1.807) is 24.5 Å². The number of carbonyl (C=O) groups is 1. The Morgan fingerprint density at radius 2 is 2.08 bits per heavy atom. The third-order valence-corrected chi connectivity index (χ3v) is 2.70. The Balaban J connectivity index is 1.97. The van der Waals surface area contributed by atoms with Crippen LogP contribution >= 0.6 is 0 Å². The quantitative estimate of drug-likeness (QED) is 0.660. The lowest BCUT2D eigenvalue weighted by atomic mass is 9.81. The van der Waals surface area contributed by atoms with E-state index in [9.17, 15) is 4.79 Å². The number of Topliss-reactive ketones (excluding diaryl/α,β-unsaturated/α-hetero) is 1.